The van der Waals surface area contributed by atoms with E-state index in [1.54, 1.807) is 0 Å². The molecular weight excluding hydrogens is 236 g/mol. The minimum Gasteiger partial charge on any atom is -0.507 e. The summed E-state index contributed by atoms with van der Waals surface area (Å²) in [5.41, 5.74) is 3.19. The van der Waals surface area contributed by atoms with Crippen LogP contribution in [0.15, 0.2) is 6.08 Å². The van der Waals surface area contributed by atoms with E-state index in [2.05, 4.69) is 0 Å². The van der Waals surface area contributed by atoms with Crippen LogP contribution in [0.2, 0.25) is 0 Å². The van der Waals surface area contributed by atoms with Crippen molar-refractivity contribution in [1.82, 2.24) is 0 Å². The molecule has 2 nitrogen and oxygen atoms in total. The maximum Gasteiger partial charge on any atom is 0.138 e. The molecule has 0 bridgehead atoms. The molecule has 2 rings (SSSR count). The van der Waals surface area contributed by atoms with Crippen molar-refractivity contribution in [3.63, 3.8) is 0 Å². The maximum absolute atomic E-state index is 10.0. The Kier molecular flexibility index (Phi) is 2.86. The molecular formula is C14H17ClO2. The van der Waals surface area contributed by atoms with Gasteiger partial charge in [-0.05, 0) is 44.9 Å². The fraction of sp³-hybridized carbons (Fsp3) is 0.429. The predicted molar refractivity (Wildman–Crippen MR) is 71.1 cm³/mol. The van der Waals surface area contributed by atoms with Crippen molar-refractivity contribution < 1.29 is 9.84 Å². The smallest absolute Gasteiger partial charge is 0.138 e. The summed E-state index contributed by atoms with van der Waals surface area (Å²) in [5, 5.41) is 10.0. The first-order valence-electron chi connectivity index (χ1n) is 5.66. The van der Waals surface area contributed by atoms with E-state index in [-0.39, 0.29) is 0 Å². The lowest BCUT2D eigenvalue weighted by molar-refractivity contribution is 0.160. The van der Waals surface area contributed by atoms with E-state index in [9.17, 15) is 5.11 Å². The Morgan fingerprint density at radius 3 is 2.47 bits per heavy atom. The lowest BCUT2D eigenvalue weighted by atomic mass is 9.93. The molecule has 0 spiro atoms. The second-order valence-corrected chi connectivity index (χ2v) is 5.12. The van der Waals surface area contributed by atoms with Gasteiger partial charge in [0.25, 0.3) is 0 Å². The average molecular weight is 253 g/mol. The van der Waals surface area contributed by atoms with E-state index in [1.807, 2.05) is 39.8 Å². The lowest BCUT2D eigenvalue weighted by Gasteiger charge is -2.32. The standard InChI is InChI=1S/C14H17ClO2/c1-8-9(2)13-11(10(3)12(8)16)5-6-14(4,7-15)17-13/h5-6,16H,7H2,1-4H3. The van der Waals surface area contributed by atoms with Gasteiger partial charge in [0.05, 0.1) is 5.88 Å². The van der Waals surface area contributed by atoms with Gasteiger partial charge in [-0.2, -0.15) is 0 Å². The number of fused-ring (bicyclic) bond motifs is 1. The molecule has 0 fully saturated rings. The van der Waals surface area contributed by atoms with Crippen molar-refractivity contribution in [1.29, 1.82) is 0 Å². The Morgan fingerprint density at radius 2 is 1.88 bits per heavy atom. The summed E-state index contributed by atoms with van der Waals surface area (Å²) in [4.78, 5) is 0. The number of hydrogen-bond acceptors (Lipinski definition) is 2. The summed E-state index contributed by atoms with van der Waals surface area (Å²) in [6.07, 6.45) is 3.94. The molecule has 1 aromatic rings. The van der Waals surface area contributed by atoms with E-state index in [1.165, 1.54) is 0 Å². The normalized spacial score (nSPS) is 22.2. The highest BCUT2D eigenvalue weighted by molar-refractivity contribution is 6.18. The molecule has 1 heterocycles. The zero-order chi connectivity index (χ0) is 12.8. The summed E-state index contributed by atoms with van der Waals surface area (Å²) >= 11 is 5.93. The summed E-state index contributed by atoms with van der Waals surface area (Å²) in [7, 11) is 0. The third-order valence-corrected chi connectivity index (χ3v) is 4.00. The monoisotopic (exact) mass is 252 g/mol. The number of aromatic hydroxyl groups is 1. The van der Waals surface area contributed by atoms with Crippen LogP contribution < -0.4 is 4.74 Å². The number of phenolic OH excluding ortho intramolecular Hbond substituents is 1. The second-order valence-electron chi connectivity index (χ2n) is 4.85. The molecule has 0 amide bonds. The number of alkyl halides is 1. The number of phenols is 1. The van der Waals surface area contributed by atoms with Crippen molar-refractivity contribution in [3.05, 3.63) is 28.3 Å². The van der Waals surface area contributed by atoms with Gasteiger partial charge in [0.2, 0.25) is 0 Å². The van der Waals surface area contributed by atoms with E-state index < -0.39 is 5.60 Å². The predicted octanol–water partition coefficient (Wildman–Crippen LogP) is 3.72. The van der Waals surface area contributed by atoms with Crippen LogP contribution in [0, 0.1) is 20.8 Å². The van der Waals surface area contributed by atoms with Gasteiger partial charge in [0, 0.05) is 11.1 Å². The summed E-state index contributed by atoms with van der Waals surface area (Å²) in [6.45, 7) is 7.72. The van der Waals surface area contributed by atoms with Crippen LogP contribution in [0.1, 0.15) is 29.2 Å². The molecule has 0 aromatic heterocycles. The molecule has 92 valence electrons. The van der Waals surface area contributed by atoms with Gasteiger partial charge in [-0.1, -0.05) is 6.08 Å². The topological polar surface area (TPSA) is 29.5 Å². The molecule has 1 atom stereocenters. The van der Waals surface area contributed by atoms with Crippen LogP contribution in [-0.4, -0.2) is 16.6 Å². The van der Waals surface area contributed by atoms with Crippen LogP contribution in [0.25, 0.3) is 6.08 Å². The number of ether oxygens (including phenoxy) is 1. The van der Waals surface area contributed by atoms with Gasteiger partial charge >= 0.3 is 0 Å². The van der Waals surface area contributed by atoms with E-state index >= 15 is 0 Å². The fourth-order valence-electron chi connectivity index (χ4n) is 2.06. The van der Waals surface area contributed by atoms with Crippen molar-refractivity contribution >= 4 is 17.7 Å². The first-order valence-corrected chi connectivity index (χ1v) is 6.20. The summed E-state index contributed by atoms with van der Waals surface area (Å²) in [5.74, 6) is 1.59. The van der Waals surface area contributed by atoms with Crippen LogP contribution in [0.3, 0.4) is 0 Å². The van der Waals surface area contributed by atoms with Crippen molar-refractivity contribution in [2.75, 3.05) is 5.88 Å². The molecule has 0 saturated carbocycles. The third kappa shape index (κ3) is 1.81. The Labute approximate surface area is 107 Å². The second kappa shape index (κ2) is 3.95. The number of halogens is 1. The van der Waals surface area contributed by atoms with Gasteiger partial charge in [0.15, 0.2) is 0 Å². The Morgan fingerprint density at radius 1 is 1.24 bits per heavy atom. The molecule has 3 heteroatoms. The lowest BCUT2D eigenvalue weighted by Crippen LogP contribution is -2.34. The third-order valence-electron chi connectivity index (χ3n) is 3.47. The van der Waals surface area contributed by atoms with Gasteiger partial charge < -0.3 is 9.84 Å². The molecule has 1 N–H and O–H groups in total. The minimum atomic E-state index is -0.463. The maximum atomic E-state index is 10.0. The highest BCUT2D eigenvalue weighted by atomic mass is 35.5. The van der Waals surface area contributed by atoms with Crippen LogP contribution >= 0.6 is 11.6 Å². The molecule has 1 unspecified atom stereocenters. The van der Waals surface area contributed by atoms with Gasteiger partial charge in [0.1, 0.15) is 17.1 Å². The van der Waals surface area contributed by atoms with Crippen molar-refractivity contribution in [3.8, 4) is 11.5 Å². The quantitative estimate of drug-likeness (QED) is 0.772. The highest BCUT2D eigenvalue weighted by Gasteiger charge is 2.29. The van der Waals surface area contributed by atoms with Crippen molar-refractivity contribution in [2.24, 2.45) is 0 Å². The Hall–Kier alpha value is -1.15. The van der Waals surface area contributed by atoms with Crippen LogP contribution in [-0.2, 0) is 0 Å². The zero-order valence-corrected chi connectivity index (χ0v) is 11.4. The van der Waals surface area contributed by atoms with E-state index in [0.717, 1.165) is 28.0 Å². The highest BCUT2D eigenvalue weighted by Crippen LogP contribution is 2.42. The molecule has 1 aliphatic rings. The SMILES string of the molecule is Cc1c(C)c2c(c(C)c1O)C=CC(C)(CCl)O2. The van der Waals surface area contributed by atoms with Crippen molar-refractivity contribution in [2.45, 2.75) is 33.3 Å². The fourth-order valence-corrected chi connectivity index (χ4v) is 2.20. The molecule has 0 radical (unpaired) electrons. The van der Waals surface area contributed by atoms with Gasteiger partial charge in [-0.25, -0.2) is 0 Å². The Bertz CT molecular complexity index is 506. The molecule has 17 heavy (non-hydrogen) atoms. The molecule has 0 aliphatic carbocycles. The largest absolute Gasteiger partial charge is 0.507 e. The van der Waals surface area contributed by atoms with E-state index in [0.29, 0.717) is 11.6 Å². The average Bonchev–Trinajstić information content (AvgIpc) is 2.33. The minimum absolute atomic E-state index is 0.351. The number of rotatable bonds is 1. The molecule has 1 aliphatic heterocycles. The molecule has 0 saturated heterocycles. The van der Waals surface area contributed by atoms with E-state index in [4.69, 9.17) is 16.3 Å². The number of hydrogen-bond donors (Lipinski definition) is 1. The zero-order valence-electron chi connectivity index (χ0n) is 10.6. The van der Waals surface area contributed by atoms with Gasteiger partial charge in [-0.3, -0.25) is 0 Å². The Balaban J connectivity index is 2.67. The number of benzene rings is 1. The van der Waals surface area contributed by atoms with Gasteiger partial charge in [-0.15, -0.1) is 11.6 Å². The first-order chi connectivity index (χ1) is 7.89. The summed E-state index contributed by atoms with van der Waals surface area (Å²) < 4.78 is 5.99. The summed E-state index contributed by atoms with van der Waals surface area (Å²) in [6, 6.07) is 0. The molecule has 1 aromatic carbocycles. The van der Waals surface area contributed by atoms with Crippen LogP contribution in [0.4, 0.5) is 0 Å². The van der Waals surface area contributed by atoms with Crippen LogP contribution in [0.5, 0.6) is 11.5 Å². The first kappa shape index (κ1) is 12.3.